The molecule has 1 aromatic rings. The summed E-state index contributed by atoms with van der Waals surface area (Å²) in [5.74, 6) is 3.87. The van der Waals surface area contributed by atoms with Crippen molar-refractivity contribution in [3.05, 3.63) is 29.8 Å². The lowest BCUT2D eigenvalue weighted by atomic mass is 9.99. The molecule has 0 aliphatic rings. The van der Waals surface area contributed by atoms with E-state index in [4.69, 9.17) is 4.74 Å². The lowest BCUT2D eigenvalue weighted by molar-refractivity contribution is 0.344. The predicted molar refractivity (Wildman–Crippen MR) is 73.6 cm³/mol. The monoisotopic (exact) mass is 238 g/mol. The summed E-state index contributed by atoms with van der Waals surface area (Å²) < 4.78 is 5.66. The smallest absolute Gasteiger partial charge is 0.119 e. The highest BCUT2D eigenvalue weighted by Crippen LogP contribution is 2.21. The Kier molecular flexibility index (Phi) is 6.39. The number of ether oxygens (including phenoxy) is 1. The summed E-state index contributed by atoms with van der Waals surface area (Å²) in [4.78, 5) is 0. The Morgan fingerprint density at radius 3 is 2.44 bits per heavy atom. The van der Waals surface area contributed by atoms with Crippen molar-refractivity contribution in [2.75, 3.05) is 18.1 Å². The number of hydrogen-bond donors (Lipinski definition) is 0. The summed E-state index contributed by atoms with van der Waals surface area (Å²) >= 11 is 1.91. The van der Waals surface area contributed by atoms with Gasteiger partial charge < -0.3 is 4.74 Å². The summed E-state index contributed by atoms with van der Waals surface area (Å²) in [5, 5.41) is 0. The van der Waals surface area contributed by atoms with Crippen LogP contribution in [0.1, 0.15) is 38.7 Å². The van der Waals surface area contributed by atoms with Crippen molar-refractivity contribution in [2.24, 2.45) is 0 Å². The maximum absolute atomic E-state index is 5.66. The van der Waals surface area contributed by atoms with E-state index in [1.54, 1.807) is 0 Å². The molecule has 1 rings (SSSR count). The van der Waals surface area contributed by atoms with Crippen LogP contribution < -0.4 is 4.74 Å². The van der Waals surface area contributed by atoms with Gasteiger partial charge in [-0.3, -0.25) is 0 Å². The first kappa shape index (κ1) is 13.4. The van der Waals surface area contributed by atoms with E-state index in [9.17, 15) is 0 Å². The Hall–Kier alpha value is -0.630. The molecule has 0 amide bonds. The molecule has 0 radical (unpaired) electrons. The van der Waals surface area contributed by atoms with Crippen LogP contribution >= 0.6 is 11.8 Å². The SMILES string of the molecule is CCSCCOc1ccc(C(C)CC)cc1. The third-order valence-electron chi connectivity index (χ3n) is 2.76. The molecule has 0 N–H and O–H groups in total. The molecule has 1 nitrogen and oxygen atoms in total. The van der Waals surface area contributed by atoms with E-state index in [-0.39, 0.29) is 0 Å². The average molecular weight is 238 g/mol. The molecular formula is C14H22OS. The standard InChI is InChI=1S/C14H22OS/c1-4-12(3)13-6-8-14(9-7-13)15-10-11-16-5-2/h6-9,12H,4-5,10-11H2,1-3H3. The van der Waals surface area contributed by atoms with Crippen LogP contribution in [0.5, 0.6) is 5.75 Å². The fourth-order valence-corrected chi connectivity index (χ4v) is 1.98. The van der Waals surface area contributed by atoms with Gasteiger partial charge in [-0.25, -0.2) is 0 Å². The average Bonchev–Trinajstić information content (AvgIpc) is 2.34. The Balaban J connectivity index is 2.39. The summed E-state index contributed by atoms with van der Waals surface area (Å²) in [6.45, 7) is 7.46. The van der Waals surface area contributed by atoms with Gasteiger partial charge in [-0.2, -0.15) is 11.8 Å². The van der Waals surface area contributed by atoms with Crippen LogP contribution in [0.4, 0.5) is 0 Å². The molecule has 0 aliphatic carbocycles. The van der Waals surface area contributed by atoms with Crippen LogP contribution in [0, 0.1) is 0 Å². The zero-order chi connectivity index (χ0) is 11.8. The fourth-order valence-electron chi connectivity index (χ4n) is 1.49. The van der Waals surface area contributed by atoms with Crippen molar-refractivity contribution in [3.63, 3.8) is 0 Å². The van der Waals surface area contributed by atoms with Gasteiger partial charge in [0, 0.05) is 5.75 Å². The molecule has 1 aromatic carbocycles. The normalized spacial score (nSPS) is 12.4. The Morgan fingerprint density at radius 1 is 1.19 bits per heavy atom. The van der Waals surface area contributed by atoms with E-state index in [2.05, 4.69) is 45.0 Å². The molecule has 1 unspecified atom stereocenters. The second-order valence-electron chi connectivity index (χ2n) is 3.92. The van der Waals surface area contributed by atoms with Crippen molar-refractivity contribution in [1.29, 1.82) is 0 Å². The van der Waals surface area contributed by atoms with Gasteiger partial charge in [0.1, 0.15) is 5.75 Å². The van der Waals surface area contributed by atoms with Gasteiger partial charge in [0.15, 0.2) is 0 Å². The van der Waals surface area contributed by atoms with Crippen molar-refractivity contribution < 1.29 is 4.74 Å². The van der Waals surface area contributed by atoms with Crippen LogP contribution in [0.25, 0.3) is 0 Å². The van der Waals surface area contributed by atoms with Crippen LogP contribution in [0.3, 0.4) is 0 Å². The molecule has 0 fully saturated rings. The number of hydrogen-bond acceptors (Lipinski definition) is 2. The molecular weight excluding hydrogens is 216 g/mol. The van der Waals surface area contributed by atoms with Gasteiger partial charge in [-0.05, 0) is 35.8 Å². The zero-order valence-electron chi connectivity index (χ0n) is 10.5. The van der Waals surface area contributed by atoms with E-state index in [1.165, 1.54) is 12.0 Å². The summed E-state index contributed by atoms with van der Waals surface area (Å²) in [7, 11) is 0. The van der Waals surface area contributed by atoms with Gasteiger partial charge in [-0.15, -0.1) is 0 Å². The largest absolute Gasteiger partial charge is 0.493 e. The molecule has 0 spiro atoms. The van der Waals surface area contributed by atoms with Gasteiger partial charge in [0.05, 0.1) is 6.61 Å². The minimum absolute atomic E-state index is 0.643. The summed E-state index contributed by atoms with van der Waals surface area (Å²) in [6, 6.07) is 8.52. The topological polar surface area (TPSA) is 9.23 Å². The summed E-state index contributed by atoms with van der Waals surface area (Å²) in [6.07, 6.45) is 1.19. The Labute approximate surface area is 104 Å². The van der Waals surface area contributed by atoms with Gasteiger partial charge in [0.2, 0.25) is 0 Å². The van der Waals surface area contributed by atoms with E-state index in [0.29, 0.717) is 5.92 Å². The number of thioether (sulfide) groups is 1. The van der Waals surface area contributed by atoms with E-state index in [1.807, 2.05) is 11.8 Å². The highest BCUT2D eigenvalue weighted by atomic mass is 32.2. The number of benzene rings is 1. The molecule has 2 heteroatoms. The minimum Gasteiger partial charge on any atom is -0.493 e. The van der Waals surface area contributed by atoms with Crippen LogP contribution in [-0.2, 0) is 0 Å². The quantitative estimate of drug-likeness (QED) is 0.654. The molecule has 0 aliphatic heterocycles. The third-order valence-corrected chi connectivity index (χ3v) is 3.63. The van der Waals surface area contributed by atoms with Crippen molar-refractivity contribution in [1.82, 2.24) is 0 Å². The van der Waals surface area contributed by atoms with Crippen molar-refractivity contribution in [3.8, 4) is 5.75 Å². The molecule has 0 saturated carbocycles. The Morgan fingerprint density at radius 2 is 1.88 bits per heavy atom. The van der Waals surface area contributed by atoms with Crippen molar-refractivity contribution >= 4 is 11.8 Å². The molecule has 90 valence electrons. The molecule has 0 aromatic heterocycles. The third kappa shape index (κ3) is 4.48. The van der Waals surface area contributed by atoms with Crippen LogP contribution in [0.2, 0.25) is 0 Å². The predicted octanol–water partition coefficient (Wildman–Crippen LogP) is 4.33. The first-order valence-corrected chi connectivity index (χ1v) is 7.23. The lowest BCUT2D eigenvalue weighted by Gasteiger charge is -2.10. The summed E-state index contributed by atoms with van der Waals surface area (Å²) in [5.41, 5.74) is 1.40. The second-order valence-corrected chi connectivity index (χ2v) is 5.32. The lowest BCUT2D eigenvalue weighted by Crippen LogP contribution is -2.00. The molecule has 16 heavy (non-hydrogen) atoms. The van der Waals surface area contributed by atoms with E-state index >= 15 is 0 Å². The van der Waals surface area contributed by atoms with Crippen LogP contribution in [-0.4, -0.2) is 18.1 Å². The zero-order valence-corrected chi connectivity index (χ0v) is 11.3. The maximum Gasteiger partial charge on any atom is 0.119 e. The highest BCUT2D eigenvalue weighted by molar-refractivity contribution is 7.99. The minimum atomic E-state index is 0.643. The maximum atomic E-state index is 5.66. The first-order valence-electron chi connectivity index (χ1n) is 6.08. The molecule has 0 heterocycles. The highest BCUT2D eigenvalue weighted by Gasteiger charge is 2.02. The second kappa shape index (κ2) is 7.61. The Bertz CT molecular complexity index is 281. The molecule has 0 saturated heterocycles. The van der Waals surface area contributed by atoms with Gasteiger partial charge in [0.25, 0.3) is 0 Å². The van der Waals surface area contributed by atoms with Gasteiger partial charge in [-0.1, -0.05) is 32.9 Å². The van der Waals surface area contributed by atoms with Crippen molar-refractivity contribution in [2.45, 2.75) is 33.1 Å². The first-order chi connectivity index (χ1) is 7.77. The van der Waals surface area contributed by atoms with E-state index < -0.39 is 0 Å². The van der Waals surface area contributed by atoms with E-state index in [0.717, 1.165) is 23.9 Å². The molecule has 0 bridgehead atoms. The number of rotatable bonds is 7. The fraction of sp³-hybridized carbons (Fsp3) is 0.571. The van der Waals surface area contributed by atoms with Crippen LogP contribution in [0.15, 0.2) is 24.3 Å². The molecule has 1 atom stereocenters. The van der Waals surface area contributed by atoms with Gasteiger partial charge >= 0.3 is 0 Å².